The number of aryl methyl sites for hydroxylation is 1. The maximum absolute atomic E-state index is 12.0. The number of halogens is 1. The van der Waals surface area contributed by atoms with E-state index in [9.17, 15) is 4.79 Å². The third-order valence-electron chi connectivity index (χ3n) is 2.55. The van der Waals surface area contributed by atoms with Gasteiger partial charge in [-0.25, -0.2) is 0 Å². The summed E-state index contributed by atoms with van der Waals surface area (Å²) < 4.78 is 0. The Hall–Kier alpha value is -1.12. The molecule has 0 fully saturated rings. The number of hydrogen-bond donors (Lipinski definition) is 0. The molecule has 3 heteroatoms. The molecule has 0 N–H and O–H groups in total. The van der Waals surface area contributed by atoms with Gasteiger partial charge in [-0.1, -0.05) is 30.7 Å². The summed E-state index contributed by atoms with van der Waals surface area (Å²) in [5.41, 5.74) is 0.684. The van der Waals surface area contributed by atoms with Crippen LogP contribution in [0.4, 0.5) is 0 Å². The predicted molar refractivity (Wildman–Crippen MR) is 73.2 cm³/mol. The van der Waals surface area contributed by atoms with Crippen LogP contribution in [0.2, 0.25) is 5.02 Å². The topological polar surface area (TPSA) is 17.1 Å². The molecule has 0 amide bonds. The number of carbonyl (C=O) groups is 1. The molecule has 0 atom stereocenters. The van der Waals surface area contributed by atoms with E-state index < -0.39 is 0 Å². The predicted octanol–water partition coefficient (Wildman–Crippen LogP) is 4.39. The first-order valence-electron chi connectivity index (χ1n) is 5.55. The fourth-order valence-corrected chi connectivity index (χ4v) is 2.78. The molecule has 0 aliphatic rings. The Morgan fingerprint density at radius 3 is 2.65 bits per heavy atom. The smallest absolute Gasteiger partial charge is 0.168 e. The molecule has 0 radical (unpaired) electrons. The van der Waals surface area contributed by atoms with Crippen LogP contribution < -0.4 is 0 Å². The first-order chi connectivity index (χ1) is 8.19. The molecule has 2 rings (SSSR count). The lowest BCUT2D eigenvalue weighted by molar-refractivity contribution is 0.0994. The number of carbonyl (C=O) groups excluding carboxylic acids is 1. The quantitative estimate of drug-likeness (QED) is 0.749. The van der Waals surface area contributed by atoms with Crippen LogP contribution in [0.3, 0.4) is 0 Å². The van der Waals surface area contributed by atoms with E-state index in [1.165, 1.54) is 4.88 Å². The Bertz CT molecular complexity index is 531. The summed E-state index contributed by atoms with van der Waals surface area (Å²) in [7, 11) is 0. The normalized spacial score (nSPS) is 10.5. The van der Waals surface area contributed by atoms with E-state index in [-0.39, 0.29) is 5.78 Å². The molecule has 0 unspecified atom stereocenters. The molecule has 1 aromatic carbocycles. The third-order valence-corrected chi connectivity index (χ3v) is 4.01. The zero-order valence-corrected chi connectivity index (χ0v) is 11.1. The summed E-state index contributed by atoms with van der Waals surface area (Å²) in [6, 6.07) is 11.2. The van der Waals surface area contributed by atoms with Gasteiger partial charge in [0.1, 0.15) is 0 Å². The molecule has 0 spiro atoms. The van der Waals surface area contributed by atoms with Gasteiger partial charge < -0.3 is 0 Å². The molecule has 2 aromatic rings. The number of hydrogen-bond acceptors (Lipinski definition) is 2. The Kier molecular flexibility index (Phi) is 3.97. The fraction of sp³-hybridized carbons (Fsp3) is 0.214. The van der Waals surface area contributed by atoms with E-state index in [0.29, 0.717) is 17.0 Å². The maximum atomic E-state index is 12.0. The second-order valence-corrected chi connectivity index (χ2v) is 5.52. The fourth-order valence-electron chi connectivity index (χ4n) is 1.63. The molecule has 17 heavy (non-hydrogen) atoms. The highest BCUT2D eigenvalue weighted by Gasteiger charge is 2.09. The number of Topliss-reactive ketones (excluding diaryl/α,β-unsaturated/α-hetero) is 1. The van der Waals surface area contributed by atoms with E-state index in [1.54, 1.807) is 23.5 Å². The summed E-state index contributed by atoms with van der Waals surface area (Å²) in [4.78, 5) is 14.4. The van der Waals surface area contributed by atoms with Crippen molar-refractivity contribution in [1.29, 1.82) is 0 Å². The molecule has 1 aromatic heterocycles. The standard InChI is InChI=1S/C14H13ClOS/c1-2-12-6-7-13(17-12)9-14(16)10-4-3-5-11(15)8-10/h3-8H,2,9H2,1H3. The van der Waals surface area contributed by atoms with Crippen molar-refractivity contribution in [2.75, 3.05) is 0 Å². The number of rotatable bonds is 4. The highest BCUT2D eigenvalue weighted by atomic mass is 35.5. The van der Waals surface area contributed by atoms with Crippen LogP contribution in [-0.2, 0) is 12.8 Å². The largest absolute Gasteiger partial charge is 0.294 e. The minimum Gasteiger partial charge on any atom is -0.294 e. The molecule has 0 aliphatic heterocycles. The van der Waals surface area contributed by atoms with E-state index in [0.717, 1.165) is 11.3 Å². The minimum atomic E-state index is 0.122. The van der Waals surface area contributed by atoms with Crippen LogP contribution in [0.1, 0.15) is 27.0 Å². The maximum Gasteiger partial charge on any atom is 0.168 e. The highest BCUT2D eigenvalue weighted by molar-refractivity contribution is 7.12. The van der Waals surface area contributed by atoms with Crippen molar-refractivity contribution in [1.82, 2.24) is 0 Å². The van der Waals surface area contributed by atoms with Crippen molar-refractivity contribution in [3.05, 3.63) is 56.7 Å². The van der Waals surface area contributed by atoms with Gasteiger partial charge in [0.2, 0.25) is 0 Å². The first-order valence-corrected chi connectivity index (χ1v) is 6.75. The molecule has 0 aliphatic carbocycles. The highest BCUT2D eigenvalue weighted by Crippen LogP contribution is 2.20. The summed E-state index contributed by atoms with van der Waals surface area (Å²) in [5, 5.41) is 0.608. The monoisotopic (exact) mass is 264 g/mol. The molecule has 1 nitrogen and oxygen atoms in total. The van der Waals surface area contributed by atoms with Crippen molar-refractivity contribution in [3.8, 4) is 0 Å². The lowest BCUT2D eigenvalue weighted by Crippen LogP contribution is -2.01. The molecular formula is C14H13ClOS. The van der Waals surface area contributed by atoms with Crippen LogP contribution >= 0.6 is 22.9 Å². The van der Waals surface area contributed by atoms with Gasteiger partial charge in [0, 0.05) is 26.8 Å². The first kappa shape index (κ1) is 12.3. The van der Waals surface area contributed by atoms with Crippen LogP contribution in [0.25, 0.3) is 0 Å². The van der Waals surface area contributed by atoms with Gasteiger partial charge in [-0.2, -0.15) is 0 Å². The number of ketones is 1. The van der Waals surface area contributed by atoms with Crippen molar-refractivity contribution in [2.24, 2.45) is 0 Å². The second kappa shape index (κ2) is 5.48. The SMILES string of the molecule is CCc1ccc(CC(=O)c2cccc(Cl)c2)s1. The van der Waals surface area contributed by atoms with Gasteiger partial charge in [-0.3, -0.25) is 4.79 Å². The Morgan fingerprint density at radius 1 is 1.24 bits per heavy atom. The Labute approximate surface area is 110 Å². The molecule has 88 valence electrons. The van der Waals surface area contributed by atoms with Crippen LogP contribution in [0, 0.1) is 0 Å². The van der Waals surface area contributed by atoms with Crippen LogP contribution in [-0.4, -0.2) is 5.78 Å². The number of thiophene rings is 1. The zero-order chi connectivity index (χ0) is 12.3. The lowest BCUT2D eigenvalue weighted by atomic mass is 10.1. The van der Waals surface area contributed by atoms with Gasteiger partial charge in [0.25, 0.3) is 0 Å². The molecule has 0 saturated heterocycles. The summed E-state index contributed by atoms with van der Waals surface area (Å²) in [6.07, 6.45) is 1.49. The van der Waals surface area contributed by atoms with Gasteiger partial charge >= 0.3 is 0 Å². The average Bonchev–Trinajstić information content (AvgIpc) is 2.77. The van der Waals surface area contributed by atoms with Gasteiger partial charge in [-0.15, -0.1) is 11.3 Å². The minimum absolute atomic E-state index is 0.122. The number of benzene rings is 1. The van der Waals surface area contributed by atoms with Crippen molar-refractivity contribution in [3.63, 3.8) is 0 Å². The average molecular weight is 265 g/mol. The molecular weight excluding hydrogens is 252 g/mol. The van der Waals surface area contributed by atoms with E-state index >= 15 is 0 Å². The molecule has 1 heterocycles. The van der Waals surface area contributed by atoms with Crippen molar-refractivity contribution >= 4 is 28.7 Å². The lowest BCUT2D eigenvalue weighted by Gasteiger charge is -1.99. The van der Waals surface area contributed by atoms with E-state index in [4.69, 9.17) is 11.6 Å². The van der Waals surface area contributed by atoms with Gasteiger partial charge in [-0.05, 0) is 30.7 Å². The van der Waals surface area contributed by atoms with Crippen LogP contribution in [0.5, 0.6) is 0 Å². The van der Waals surface area contributed by atoms with Gasteiger partial charge in [0.15, 0.2) is 5.78 Å². The third kappa shape index (κ3) is 3.18. The summed E-state index contributed by atoms with van der Waals surface area (Å²) in [5.74, 6) is 0.122. The van der Waals surface area contributed by atoms with Crippen molar-refractivity contribution in [2.45, 2.75) is 19.8 Å². The van der Waals surface area contributed by atoms with Crippen molar-refractivity contribution < 1.29 is 4.79 Å². The van der Waals surface area contributed by atoms with E-state index in [1.807, 2.05) is 18.2 Å². The van der Waals surface area contributed by atoms with Gasteiger partial charge in [0.05, 0.1) is 0 Å². The summed E-state index contributed by atoms with van der Waals surface area (Å²) >= 11 is 7.58. The molecule has 0 saturated carbocycles. The Morgan fingerprint density at radius 2 is 2.00 bits per heavy atom. The van der Waals surface area contributed by atoms with Crippen LogP contribution in [0.15, 0.2) is 36.4 Å². The van der Waals surface area contributed by atoms with E-state index in [2.05, 4.69) is 13.0 Å². The summed E-state index contributed by atoms with van der Waals surface area (Å²) in [6.45, 7) is 2.12. The zero-order valence-electron chi connectivity index (χ0n) is 9.57. The Balaban J connectivity index is 2.11. The second-order valence-electron chi connectivity index (χ2n) is 3.83. The molecule has 0 bridgehead atoms.